The fourth-order valence-electron chi connectivity index (χ4n) is 2.16. The number of nitrogens with zero attached hydrogens (tertiary/aromatic N) is 5. The van der Waals surface area contributed by atoms with Crippen molar-refractivity contribution < 1.29 is 0 Å². The molecule has 0 saturated carbocycles. The molecule has 3 rings (SSSR count). The van der Waals surface area contributed by atoms with Gasteiger partial charge < -0.3 is 9.13 Å². The third-order valence-corrected chi connectivity index (χ3v) is 3.35. The second-order valence-electron chi connectivity index (χ2n) is 4.49. The van der Waals surface area contributed by atoms with Crippen molar-refractivity contribution in [3.05, 3.63) is 42.5 Å². The zero-order valence-corrected chi connectivity index (χ0v) is 11.5. The minimum Gasteiger partial charge on any atom is -0.337 e. The molecule has 5 nitrogen and oxygen atoms in total. The van der Waals surface area contributed by atoms with Gasteiger partial charge in [0, 0.05) is 25.6 Å². The molecule has 0 radical (unpaired) electrons. The molecule has 0 aliphatic heterocycles. The number of hydrogen-bond donors (Lipinski definition) is 0. The highest BCUT2D eigenvalue weighted by Crippen LogP contribution is 2.24. The van der Waals surface area contributed by atoms with Crippen LogP contribution in [-0.4, -0.2) is 24.1 Å². The number of pyridine rings is 1. The van der Waals surface area contributed by atoms with E-state index in [1.807, 2.05) is 30.8 Å². The lowest BCUT2D eigenvalue weighted by molar-refractivity contribution is 0.677. The smallest absolute Gasteiger partial charge is 0.128 e. The Labute approximate surface area is 115 Å². The lowest BCUT2D eigenvalue weighted by Crippen LogP contribution is -2.09. The number of hydrogen-bond acceptors (Lipinski definition) is 3. The van der Waals surface area contributed by atoms with Gasteiger partial charge in [-0.25, -0.2) is 9.97 Å². The first kappa shape index (κ1) is 12.2. The summed E-state index contributed by atoms with van der Waals surface area (Å²) in [5, 5.41) is -0.160. The van der Waals surface area contributed by atoms with Crippen molar-refractivity contribution in [3.8, 4) is 0 Å². The molecule has 0 spiro atoms. The van der Waals surface area contributed by atoms with Crippen LogP contribution in [0.5, 0.6) is 0 Å². The normalized spacial score (nSPS) is 13.0. The van der Waals surface area contributed by atoms with Crippen LogP contribution >= 0.6 is 11.6 Å². The van der Waals surface area contributed by atoms with E-state index in [1.165, 1.54) is 0 Å². The molecule has 19 heavy (non-hydrogen) atoms. The van der Waals surface area contributed by atoms with E-state index >= 15 is 0 Å². The first-order valence-electron chi connectivity index (χ1n) is 6.07. The number of rotatable bonds is 3. The van der Waals surface area contributed by atoms with E-state index in [4.69, 9.17) is 11.6 Å². The number of fused-ring (bicyclic) bond motifs is 1. The van der Waals surface area contributed by atoms with E-state index in [-0.39, 0.29) is 5.38 Å². The molecule has 1 atom stereocenters. The zero-order chi connectivity index (χ0) is 13.4. The maximum Gasteiger partial charge on any atom is 0.128 e. The fourth-order valence-corrected chi connectivity index (χ4v) is 2.33. The predicted molar refractivity (Wildman–Crippen MR) is 74.1 cm³/mol. The van der Waals surface area contributed by atoms with Crippen molar-refractivity contribution in [2.75, 3.05) is 0 Å². The van der Waals surface area contributed by atoms with Gasteiger partial charge in [0.1, 0.15) is 17.2 Å². The summed E-state index contributed by atoms with van der Waals surface area (Å²) in [5.41, 5.74) is 1.89. The number of halogens is 1. The van der Waals surface area contributed by atoms with Gasteiger partial charge in [0.15, 0.2) is 0 Å². The van der Waals surface area contributed by atoms with E-state index < -0.39 is 0 Å². The average Bonchev–Trinajstić information content (AvgIpc) is 2.95. The Kier molecular flexibility index (Phi) is 2.98. The molecule has 0 aromatic carbocycles. The van der Waals surface area contributed by atoms with Crippen molar-refractivity contribution >= 4 is 22.6 Å². The van der Waals surface area contributed by atoms with E-state index in [2.05, 4.69) is 19.5 Å². The SMILES string of the molecule is CC(Cl)c1nc2cnccc2n1Cc1nccn1C. The Morgan fingerprint density at radius 2 is 2.21 bits per heavy atom. The summed E-state index contributed by atoms with van der Waals surface area (Å²) in [7, 11) is 1.98. The zero-order valence-electron chi connectivity index (χ0n) is 10.8. The van der Waals surface area contributed by atoms with Crippen LogP contribution in [0.25, 0.3) is 11.0 Å². The monoisotopic (exact) mass is 275 g/mol. The molecule has 1 unspecified atom stereocenters. The summed E-state index contributed by atoms with van der Waals surface area (Å²) >= 11 is 6.23. The molecule has 6 heteroatoms. The summed E-state index contributed by atoms with van der Waals surface area (Å²) < 4.78 is 4.09. The Hall–Kier alpha value is -1.88. The number of aryl methyl sites for hydroxylation is 1. The van der Waals surface area contributed by atoms with Crippen LogP contribution in [0.3, 0.4) is 0 Å². The van der Waals surface area contributed by atoms with Crippen LogP contribution in [0.1, 0.15) is 23.9 Å². The number of imidazole rings is 2. The van der Waals surface area contributed by atoms with Crippen molar-refractivity contribution in [3.63, 3.8) is 0 Å². The maximum absolute atomic E-state index is 6.23. The van der Waals surface area contributed by atoms with Crippen LogP contribution in [-0.2, 0) is 13.6 Å². The lowest BCUT2D eigenvalue weighted by atomic mass is 10.4. The van der Waals surface area contributed by atoms with Crippen LogP contribution < -0.4 is 0 Å². The van der Waals surface area contributed by atoms with E-state index in [0.717, 1.165) is 22.7 Å². The van der Waals surface area contributed by atoms with Gasteiger partial charge in [-0.05, 0) is 13.0 Å². The minimum atomic E-state index is -0.160. The van der Waals surface area contributed by atoms with Gasteiger partial charge in [-0.2, -0.15) is 0 Å². The highest BCUT2D eigenvalue weighted by Gasteiger charge is 2.16. The van der Waals surface area contributed by atoms with Crippen LogP contribution in [0.2, 0.25) is 0 Å². The Balaban J connectivity index is 2.15. The van der Waals surface area contributed by atoms with E-state index in [0.29, 0.717) is 6.54 Å². The molecule has 3 aromatic rings. The first-order chi connectivity index (χ1) is 9.16. The molecule has 3 heterocycles. The summed E-state index contributed by atoms with van der Waals surface area (Å²) in [6.45, 7) is 2.57. The van der Waals surface area contributed by atoms with Crippen molar-refractivity contribution in [2.45, 2.75) is 18.8 Å². The molecule has 0 aliphatic rings. The quantitative estimate of drug-likeness (QED) is 0.690. The molecule has 3 aromatic heterocycles. The molecule has 0 N–H and O–H groups in total. The van der Waals surface area contributed by atoms with Crippen molar-refractivity contribution in [1.82, 2.24) is 24.1 Å². The molecular formula is C13H14ClN5. The highest BCUT2D eigenvalue weighted by atomic mass is 35.5. The topological polar surface area (TPSA) is 48.5 Å². The predicted octanol–water partition coefficient (Wildman–Crippen LogP) is 2.51. The molecule has 0 saturated heterocycles. The maximum atomic E-state index is 6.23. The Morgan fingerprint density at radius 3 is 2.89 bits per heavy atom. The highest BCUT2D eigenvalue weighted by molar-refractivity contribution is 6.20. The third kappa shape index (κ3) is 2.10. The molecular weight excluding hydrogens is 262 g/mol. The largest absolute Gasteiger partial charge is 0.337 e. The second-order valence-corrected chi connectivity index (χ2v) is 5.15. The van der Waals surface area contributed by atoms with Gasteiger partial charge in [0.05, 0.1) is 23.6 Å². The molecule has 0 fully saturated rings. The van der Waals surface area contributed by atoms with Crippen molar-refractivity contribution in [2.24, 2.45) is 7.05 Å². The molecule has 0 amide bonds. The Bertz CT molecular complexity index is 713. The third-order valence-electron chi connectivity index (χ3n) is 3.16. The van der Waals surface area contributed by atoms with Gasteiger partial charge in [-0.1, -0.05) is 0 Å². The van der Waals surface area contributed by atoms with Crippen molar-refractivity contribution in [1.29, 1.82) is 0 Å². The number of alkyl halides is 1. The number of aromatic nitrogens is 5. The Morgan fingerprint density at radius 1 is 1.37 bits per heavy atom. The fraction of sp³-hybridized carbons (Fsp3) is 0.308. The molecule has 0 bridgehead atoms. The summed E-state index contributed by atoms with van der Waals surface area (Å²) in [5.74, 6) is 1.81. The summed E-state index contributed by atoms with van der Waals surface area (Å²) in [6, 6.07) is 1.95. The van der Waals surface area contributed by atoms with Gasteiger partial charge >= 0.3 is 0 Å². The van der Waals surface area contributed by atoms with Gasteiger partial charge in [0.2, 0.25) is 0 Å². The summed E-state index contributed by atoms with van der Waals surface area (Å²) in [4.78, 5) is 13.0. The van der Waals surface area contributed by atoms with Gasteiger partial charge in [-0.3, -0.25) is 4.98 Å². The van der Waals surface area contributed by atoms with Crippen LogP contribution in [0.4, 0.5) is 0 Å². The summed E-state index contributed by atoms with van der Waals surface area (Å²) in [6.07, 6.45) is 7.24. The minimum absolute atomic E-state index is 0.160. The second kappa shape index (κ2) is 4.66. The molecule has 0 aliphatic carbocycles. The standard InChI is InChI=1S/C13H14ClN5/c1-9(14)13-17-10-7-15-4-3-11(10)19(13)8-12-16-5-6-18(12)2/h3-7,9H,8H2,1-2H3. The van der Waals surface area contributed by atoms with Crippen LogP contribution in [0, 0.1) is 0 Å². The van der Waals surface area contributed by atoms with E-state index in [1.54, 1.807) is 18.6 Å². The van der Waals surface area contributed by atoms with Gasteiger partial charge in [0.25, 0.3) is 0 Å². The lowest BCUT2D eigenvalue weighted by Gasteiger charge is -2.10. The van der Waals surface area contributed by atoms with Crippen LogP contribution in [0.15, 0.2) is 30.9 Å². The molecule has 98 valence electrons. The van der Waals surface area contributed by atoms with Gasteiger partial charge in [-0.15, -0.1) is 11.6 Å². The van der Waals surface area contributed by atoms with E-state index in [9.17, 15) is 0 Å². The average molecular weight is 276 g/mol. The first-order valence-corrected chi connectivity index (χ1v) is 6.51.